The molecule has 7 heteroatoms. The smallest absolute Gasteiger partial charge is 0.233 e. The molecule has 0 fully saturated rings. The Morgan fingerprint density at radius 1 is 0.971 bits per heavy atom. The van der Waals surface area contributed by atoms with Crippen molar-refractivity contribution in [1.82, 2.24) is 19.7 Å². The van der Waals surface area contributed by atoms with Gasteiger partial charge in [0.2, 0.25) is 5.91 Å². The second kappa shape index (κ2) is 11.7. The summed E-state index contributed by atoms with van der Waals surface area (Å²) in [5.41, 5.74) is 4.54. The molecule has 0 N–H and O–H groups in total. The van der Waals surface area contributed by atoms with E-state index in [-0.39, 0.29) is 5.91 Å². The van der Waals surface area contributed by atoms with E-state index >= 15 is 0 Å². The first-order chi connectivity index (χ1) is 17.0. The Morgan fingerprint density at radius 3 is 2.40 bits per heavy atom. The van der Waals surface area contributed by atoms with Crippen molar-refractivity contribution in [3.05, 3.63) is 95.6 Å². The van der Waals surface area contributed by atoms with E-state index in [4.69, 9.17) is 4.74 Å². The summed E-state index contributed by atoms with van der Waals surface area (Å²) in [7, 11) is 3.50. The first-order valence-corrected chi connectivity index (χ1v) is 12.6. The molecule has 0 aliphatic heterocycles. The highest BCUT2D eigenvalue weighted by Crippen LogP contribution is 2.26. The van der Waals surface area contributed by atoms with Crippen LogP contribution in [-0.2, 0) is 24.3 Å². The average Bonchev–Trinajstić information content (AvgIpc) is 3.30. The molecule has 0 aliphatic carbocycles. The van der Waals surface area contributed by atoms with Crippen LogP contribution in [0, 0.1) is 6.92 Å². The van der Waals surface area contributed by atoms with Crippen molar-refractivity contribution in [2.75, 3.05) is 19.9 Å². The van der Waals surface area contributed by atoms with E-state index in [1.54, 1.807) is 12.0 Å². The van der Waals surface area contributed by atoms with Crippen LogP contribution in [0.5, 0.6) is 5.75 Å². The second-order valence-electron chi connectivity index (χ2n) is 8.39. The van der Waals surface area contributed by atoms with Crippen molar-refractivity contribution >= 4 is 17.7 Å². The summed E-state index contributed by atoms with van der Waals surface area (Å²) in [6.45, 7) is 3.37. The number of carbonyl (C=O) groups excluding carboxylic acids is 1. The molecule has 0 radical (unpaired) electrons. The molecule has 0 atom stereocenters. The lowest BCUT2D eigenvalue weighted by molar-refractivity contribution is -0.127. The second-order valence-corrected chi connectivity index (χ2v) is 9.33. The third-order valence-corrected chi connectivity index (χ3v) is 6.90. The highest BCUT2D eigenvalue weighted by atomic mass is 32.2. The third kappa shape index (κ3) is 6.31. The summed E-state index contributed by atoms with van der Waals surface area (Å²) in [5.74, 6) is 1.93. The Balaban J connectivity index is 1.50. The summed E-state index contributed by atoms with van der Waals surface area (Å²) in [5, 5.41) is 9.67. The lowest BCUT2D eigenvalue weighted by Crippen LogP contribution is -2.28. The third-order valence-electron chi connectivity index (χ3n) is 5.95. The van der Waals surface area contributed by atoms with E-state index in [1.807, 2.05) is 61.6 Å². The van der Waals surface area contributed by atoms with E-state index in [0.717, 1.165) is 34.3 Å². The van der Waals surface area contributed by atoms with Crippen LogP contribution in [0.25, 0.3) is 11.4 Å². The first-order valence-electron chi connectivity index (χ1n) is 11.6. The lowest BCUT2D eigenvalue weighted by Gasteiger charge is -2.18. The van der Waals surface area contributed by atoms with Crippen molar-refractivity contribution in [3.8, 4) is 17.1 Å². The zero-order valence-corrected chi connectivity index (χ0v) is 21.2. The van der Waals surface area contributed by atoms with Crippen LogP contribution in [-0.4, -0.2) is 45.5 Å². The summed E-state index contributed by atoms with van der Waals surface area (Å²) in [4.78, 5) is 14.7. The van der Waals surface area contributed by atoms with Gasteiger partial charge in [-0.3, -0.25) is 4.79 Å². The van der Waals surface area contributed by atoms with Crippen LogP contribution in [0.3, 0.4) is 0 Å². The van der Waals surface area contributed by atoms with Gasteiger partial charge in [-0.1, -0.05) is 66.4 Å². The van der Waals surface area contributed by atoms with Crippen LogP contribution < -0.4 is 4.74 Å². The first kappa shape index (κ1) is 24.5. The largest absolute Gasteiger partial charge is 0.497 e. The van der Waals surface area contributed by atoms with Gasteiger partial charge in [0.05, 0.1) is 12.9 Å². The maximum absolute atomic E-state index is 12.9. The molecule has 0 aliphatic rings. The standard InChI is InChI=1S/C28H30N4O2S/c1-21-9-7-8-12-24(21)19-31(2)26(33)20-35-28-30-29-27(23-13-15-25(34-3)16-14-23)32(28)18-17-22-10-5-4-6-11-22/h4-16H,17-20H2,1-3H3. The number of carbonyl (C=O) groups is 1. The fraction of sp³-hybridized carbons (Fsp3) is 0.250. The number of nitrogens with zero attached hydrogens (tertiary/aromatic N) is 4. The zero-order valence-electron chi connectivity index (χ0n) is 20.3. The predicted octanol–water partition coefficient (Wildman–Crippen LogP) is 5.26. The van der Waals surface area contributed by atoms with Gasteiger partial charge in [-0.05, 0) is 54.3 Å². The molecule has 0 saturated heterocycles. The number of thioether (sulfide) groups is 1. The number of methoxy groups -OCH3 is 1. The molecule has 0 bridgehead atoms. The van der Waals surface area contributed by atoms with Gasteiger partial charge < -0.3 is 14.2 Å². The highest BCUT2D eigenvalue weighted by Gasteiger charge is 2.18. The van der Waals surface area contributed by atoms with Crippen LogP contribution in [0.1, 0.15) is 16.7 Å². The lowest BCUT2D eigenvalue weighted by atomic mass is 10.1. The van der Waals surface area contributed by atoms with Crippen LogP contribution in [0.4, 0.5) is 0 Å². The predicted molar refractivity (Wildman–Crippen MR) is 141 cm³/mol. The van der Waals surface area contributed by atoms with Gasteiger partial charge in [0.1, 0.15) is 5.75 Å². The molecule has 0 saturated carbocycles. The Morgan fingerprint density at radius 2 is 1.69 bits per heavy atom. The fourth-order valence-electron chi connectivity index (χ4n) is 3.80. The van der Waals surface area contributed by atoms with Crippen LogP contribution in [0.15, 0.2) is 84.0 Å². The molecule has 1 heterocycles. The van der Waals surface area contributed by atoms with E-state index in [9.17, 15) is 4.79 Å². The van der Waals surface area contributed by atoms with E-state index in [1.165, 1.54) is 22.9 Å². The van der Waals surface area contributed by atoms with E-state index in [2.05, 4.69) is 46.0 Å². The Bertz CT molecular complexity index is 1260. The molecule has 0 spiro atoms. The SMILES string of the molecule is COc1ccc(-c2nnc(SCC(=O)N(C)Cc3ccccc3C)n2CCc2ccccc2)cc1. The number of amides is 1. The van der Waals surface area contributed by atoms with Gasteiger partial charge in [-0.15, -0.1) is 10.2 Å². The molecule has 35 heavy (non-hydrogen) atoms. The fourth-order valence-corrected chi connectivity index (χ4v) is 4.71. The maximum atomic E-state index is 12.9. The average molecular weight is 487 g/mol. The topological polar surface area (TPSA) is 60.3 Å². The quantitative estimate of drug-likeness (QED) is 0.286. The minimum atomic E-state index is 0.0573. The van der Waals surface area contributed by atoms with E-state index < -0.39 is 0 Å². The number of aromatic nitrogens is 3. The van der Waals surface area contributed by atoms with Gasteiger partial charge in [0.25, 0.3) is 0 Å². The van der Waals surface area contributed by atoms with Gasteiger partial charge >= 0.3 is 0 Å². The van der Waals surface area contributed by atoms with Crippen molar-refractivity contribution < 1.29 is 9.53 Å². The molecule has 4 aromatic rings. The number of benzene rings is 3. The van der Waals surface area contributed by atoms with Crippen molar-refractivity contribution in [2.45, 2.75) is 31.6 Å². The maximum Gasteiger partial charge on any atom is 0.233 e. The molecule has 180 valence electrons. The number of ether oxygens (including phenoxy) is 1. The normalized spacial score (nSPS) is 10.8. The van der Waals surface area contributed by atoms with Crippen LogP contribution in [0.2, 0.25) is 0 Å². The van der Waals surface area contributed by atoms with Gasteiger partial charge in [0.15, 0.2) is 11.0 Å². The number of rotatable bonds is 10. The highest BCUT2D eigenvalue weighted by molar-refractivity contribution is 7.99. The molecule has 6 nitrogen and oxygen atoms in total. The van der Waals surface area contributed by atoms with Gasteiger partial charge in [0, 0.05) is 25.7 Å². The summed E-state index contributed by atoms with van der Waals surface area (Å²) < 4.78 is 7.40. The number of aryl methyl sites for hydroxylation is 2. The van der Waals surface area contributed by atoms with Crippen molar-refractivity contribution in [3.63, 3.8) is 0 Å². The Labute approximate surface area is 211 Å². The summed E-state index contributed by atoms with van der Waals surface area (Å²) in [6.07, 6.45) is 0.844. The number of hydrogen-bond acceptors (Lipinski definition) is 5. The van der Waals surface area contributed by atoms with Crippen molar-refractivity contribution in [1.29, 1.82) is 0 Å². The minimum absolute atomic E-state index is 0.0573. The van der Waals surface area contributed by atoms with Crippen molar-refractivity contribution in [2.24, 2.45) is 0 Å². The Kier molecular flexibility index (Phi) is 8.21. The molecule has 1 aromatic heterocycles. The molecule has 4 rings (SSSR count). The molecule has 0 unspecified atom stereocenters. The van der Waals surface area contributed by atoms with Gasteiger partial charge in [-0.25, -0.2) is 0 Å². The zero-order chi connectivity index (χ0) is 24.6. The monoisotopic (exact) mass is 486 g/mol. The summed E-state index contributed by atoms with van der Waals surface area (Å²) in [6, 6.07) is 26.3. The number of hydrogen-bond donors (Lipinski definition) is 0. The van der Waals surface area contributed by atoms with Gasteiger partial charge in [-0.2, -0.15) is 0 Å². The molecule has 1 amide bonds. The summed E-state index contributed by atoms with van der Waals surface area (Å²) >= 11 is 1.43. The van der Waals surface area contributed by atoms with Crippen LogP contribution >= 0.6 is 11.8 Å². The molecular formula is C28H30N4O2S. The molecule has 3 aromatic carbocycles. The molecular weight excluding hydrogens is 456 g/mol. The minimum Gasteiger partial charge on any atom is -0.497 e. The van der Waals surface area contributed by atoms with E-state index in [0.29, 0.717) is 18.8 Å². The Hall–Kier alpha value is -3.58.